The largest absolute Gasteiger partial charge is 0.481 e. The summed E-state index contributed by atoms with van der Waals surface area (Å²) in [6, 6.07) is 25.9. The molecule has 1 aliphatic rings. The van der Waals surface area contributed by atoms with E-state index in [0.717, 1.165) is 34.7 Å². The van der Waals surface area contributed by atoms with Crippen LogP contribution in [-0.4, -0.2) is 11.1 Å². The summed E-state index contributed by atoms with van der Waals surface area (Å²) < 4.78 is 5.89. The quantitative estimate of drug-likeness (QED) is 0.493. The SMILES string of the molecule is CCC1(C(=O)O)CC1c1ccc(NCc2cccc(Oc3ccccc3)c2)cc1. The lowest BCUT2D eigenvalue weighted by Crippen LogP contribution is -2.15. The Morgan fingerprint density at radius 2 is 1.76 bits per heavy atom. The first-order chi connectivity index (χ1) is 14.1. The number of carbonyl (C=O) groups is 1. The van der Waals surface area contributed by atoms with Crippen molar-refractivity contribution >= 4 is 11.7 Å². The highest BCUT2D eigenvalue weighted by Gasteiger charge is 2.59. The third kappa shape index (κ3) is 4.11. The van der Waals surface area contributed by atoms with E-state index in [1.165, 1.54) is 0 Å². The van der Waals surface area contributed by atoms with Crippen molar-refractivity contribution in [3.63, 3.8) is 0 Å². The predicted octanol–water partition coefficient (Wildman–Crippen LogP) is 6.06. The molecule has 0 saturated heterocycles. The molecule has 1 aliphatic carbocycles. The van der Waals surface area contributed by atoms with Crippen LogP contribution >= 0.6 is 0 Å². The van der Waals surface area contributed by atoms with E-state index in [1.807, 2.05) is 79.7 Å². The maximum Gasteiger partial charge on any atom is 0.310 e. The molecule has 0 heterocycles. The van der Waals surface area contributed by atoms with Gasteiger partial charge in [-0.25, -0.2) is 0 Å². The second-order valence-corrected chi connectivity index (χ2v) is 7.61. The van der Waals surface area contributed by atoms with E-state index >= 15 is 0 Å². The molecule has 1 saturated carbocycles. The number of anilines is 1. The van der Waals surface area contributed by atoms with E-state index in [1.54, 1.807) is 0 Å². The Morgan fingerprint density at radius 1 is 1.03 bits per heavy atom. The summed E-state index contributed by atoms with van der Waals surface area (Å²) in [7, 11) is 0. The third-order valence-electron chi connectivity index (χ3n) is 5.82. The molecule has 2 N–H and O–H groups in total. The first-order valence-corrected chi connectivity index (χ1v) is 10.00. The van der Waals surface area contributed by atoms with Crippen LogP contribution in [0.15, 0.2) is 78.9 Å². The highest BCUT2D eigenvalue weighted by Crippen LogP contribution is 2.61. The zero-order valence-corrected chi connectivity index (χ0v) is 16.5. The van der Waals surface area contributed by atoms with Crippen molar-refractivity contribution in [2.75, 3.05) is 5.32 Å². The van der Waals surface area contributed by atoms with Gasteiger partial charge in [0.1, 0.15) is 11.5 Å². The van der Waals surface area contributed by atoms with Crippen LogP contribution in [-0.2, 0) is 11.3 Å². The van der Waals surface area contributed by atoms with Crippen LogP contribution in [0.4, 0.5) is 5.69 Å². The van der Waals surface area contributed by atoms with E-state index in [2.05, 4.69) is 11.4 Å². The molecule has 0 aliphatic heterocycles. The molecule has 4 nitrogen and oxygen atoms in total. The summed E-state index contributed by atoms with van der Waals surface area (Å²) in [6.45, 7) is 2.64. The average Bonchev–Trinajstić information content (AvgIpc) is 3.50. The minimum absolute atomic E-state index is 0.130. The molecule has 1 fully saturated rings. The van der Waals surface area contributed by atoms with Gasteiger partial charge in [-0.15, -0.1) is 0 Å². The number of hydrogen-bond donors (Lipinski definition) is 2. The molecule has 0 radical (unpaired) electrons. The zero-order valence-electron chi connectivity index (χ0n) is 16.5. The zero-order chi connectivity index (χ0) is 20.3. The number of benzene rings is 3. The Labute approximate surface area is 171 Å². The predicted molar refractivity (Wildman–Crippen MR) is 114 cm³/mol. The van der Waals surface area contributed by atoms with E-state index in [0.29, 0.717) is 13.0 Å². The Balaban J connectivity index is 1.36. The molecule has 29 heavy (non-hydrogen) atoms. The van der Waals surface area contributed by atoms with Crippen LogP contribution in [0.1, 0.15) is 36.8 Å². The van der Waals surface area contributed by atoms with Gasteiger partial charge in [0.25, 0.3) is 0 Å². The van der Waals surface area contributed by atoms with Gasteiger partial charge >= 0.3 is 5.97 Å². The van der Waals surface area contributed by atoms with Gasteiger partial charge in [0.15, 0.2) is 0 Å². The Kier molecular flexibility index (Phi) is 5.26. The molecule has 2 unspecified atom stereocenters. The number of hydrogen-bond acceptors (Lipinski definition) is 3. The first-order valence-electron chi connectivity index (χ1n) is 10.00. The topological polar surface area (TPSA) is 58.6 Å². The van der Waals surface area contributed by atoms with Crippen molar-refractivity contribution in [2.24, 2.45) is 5.41 Å². The lowest BCUT2D eigenvalue weighted by Gasteiger charge is -2.11. The second kappa shape index (κ2) is 8.00. The molecule has 2 atom stereocenters. The molecule has 0 aromatic heterocycles. The minimum atomic E-state index is -0.676. The van der Waals surface area contributed by atoms with Crippen molar-refractivity contribution in [1.29, 1.82) is 0 Å². The fourth-order valence-corrected chi connectivity index (χ4v) is 3.90. The van der Waals surface area contributed by atoms with E-state index in [-0.39, 0.29) is 5.92 Å². The summed E-state index contributed by atoms with van der Waals surface area (Å²) in [5, 5.41) is 12.9. The monoisotopic (exact) mass is 387 g/mol. The van der Waals surface area contributed by atoms with Crippen molar-refractivity contribution in [3.8, 4) is 11.5 Å². The fraction of sp³-hybridized carbons (Fsp3) is 0.240. The van der Waals surface area contributed by atoms with Crippen molar-refractivity contribution < 1.29 is 14.6 Å². The summed E-state index contributed by atoms with van der Waals surface area (Å²) in [6.07, 6.45) is 1.41. The molecule has 3 aromatic rings. The van der Waals surface area contributed by atoms with Gasteiger partial charge < -0.3 is 15.2 Å². The van der Waals surface area contributed by atoms with E-state index in [9.17, 15) is 9.90 Å². The summed E-state index contributed by atoms with van der Waals surface area (Å²) in [5.41, 5.74) is 2.69. The second-order valence-electron chi connectivity index (χ2n) is 7.61. The normalized spacial score (nSPS) is 20.1. The molecule has 148 valence electrons. The van der Waals surface area contributed by atoms with E-state index in [4.69, 9.17) is 4.74 Å². The molecule has 0 bridgehead atoms. The maximum atomic E-state index is 11.5. The van der Waals surface area contributed by atoms with Gasteiger partial charge in [0, 0.05) is 18.2 Å². The Morgan fingerprint density at radius 3 is 2.41 bits per heavy atom. The fourth-order valence-electron chi connectivity index (χ4n) is 3.90. The van der Waals surface area contributed by atoms with Crippen LogP contribution in [0.5, 0.6) is 11.5 Å². The molecule has 4 rings (SSSR count). The highest BCUT2D eigenvalue weighted by molar-refractivity contribution is 5.80. The van der Waals surface area contributed by atoms with Gasteiger partial charge in [-0.3, -0.25) is 4.79 Å². The Bertz CT molecular complexity index is 984. The summed E-state index contributed by atoms with van der Waals surface area (Å²) in [5.74, 6) is 1.08. The lowest BCUT2D eigenvalue weighted by atomic mass is 9.96. The highest BCUT2D eigenvalue weighted by atomic mass is 16.5. The molecule has 0 spiro atoms. The number of para-hydroxylation sites is 1. The standard InChI is InChI=1S/C25H25NO3/c1-2-25(24(27)28)16-23(25)19-11-13-20(14-12-19)26-17-18-7-6-10-22(15-18)29-21-8-4-3-5-9-21/h3-15,23,26H,2,16-17H2,1H3,(H,27,28). The van der Waals surface area contributed by atoms with Crippen LogP contribution < -0.4 is 10.1 Å². The third-order valence-corrected chi connectivity index (χ3v) is 5.82. The number of rotatable bonds is 8. The van der Waals surface area contributed by atoms with Crippen molar-refractivity contribution in [3.05, 3.63) is 90.0 Å². The Hall–Kier alpha value is -3.27. The molecule has 4 heteroatoms. The summed E-state index contributed by atoms with van der Waals surface area (Å²) >= 11 is 0. The number of carboxylic acid groups (broad SMARTS) is 1. The van der Waals surface area contributed by atoms with Crippen LogP contribution in [0, 0.1) is 5.41 Å². The number of nitrogens with one attached hydrogen (secondary N) is 1. The molecular formula is C25H25NO3. The molecule has 3 aromatic carbocycles. The smallest absolute Gasteiger partial charge is 0.310 e. The summed E-state index contributed by atoms with van der Waals surface area (Å²) in [4.78, 5) is 11.5. The van der Waals surface area contributed by atoms with Gasteiger partial charge in [-0.2, -0.15) is 0 Å². The van der Waals surface area contributed by atoms with Gasteiger partial charge in [-0.1, -0.05) is 49.4 Å². The van der Waals surface area contributed by atoms with Crippen LogP contribution in [0.25, 0.3) is 0 Å². The van der Waals surface area contributed by atoms with Crippen LogP contribution in [0.3, 0.4) is 0 Å². The van der Waals surface area contributed by atoms with Crippen LogP contribution in [0.2, 0.25) is 0 Å². The van der Waals surface area contributed by atoms with Gasteiger partial charge in [-0.05, 0) is 60.4 Å². The number of carboxylic acids is 1. The minimum Gasteiger partial charge on any atom is -0.481 e. The van der Waals surface area contributed by atoms with Crippen molar-refractivity contribution in [1.82, 2.24) is 0 Å². The first kappa shape index (κ1) is 19.1. The maximum absolute atomic E-state index is 11.5. The molecular weight excluding hydrogens is 362 g/mol. The van der Waals surface area contributed by atoms with E-state index < -0.39 is 11.4 Å². The average molecular weight is 387 g/mol. The molecule has 0 amide bonds. The lowest BCUT2D eigenvalue weighted by molar-refractivity contribution is -0.143. The van der Waals surface area contributed by atoms with Crippen molar-refractivity contribution in [2.45, 2.75) is 32.2 Å². The van der Waals surface area contributed by atoms with Gasteiger partial charge in [0.2, 0.25) is 0 Å². The number of aliphatic carboxylic acids is 1. The van der Waals surface area contributed by atoms with Gasteiger partial charge in [0.05, 0.1) is 5.41 Å². The number of ether oxygens (including phenoxy) is 1.